The lowest BCUT2D eigenvalue weighted by Gasteiger charge is -2.16. The zero-order valence-corrected chi connectivity index (χ0v) is 20.0. The third-order valence-corrected chi connectivity index (χ3v) is 6.93. The van der Waals surface area contributed by atoms with Gasteiger partial charge in [0.15, 0.2) is 0 Å². The number of rotatable bonds is 6. The summed E-state index contributed by atoms with van der Waals surface area (Å²) in [5.41, 5.74) is 5.55. The van der Waals surface area contributed by atoms with Crippen molar-refractivity contribution >= 4 is 29.2 Å². The average Bonchev–Trinajstić information content (AvgIpc) is 3.49. The normalized spacial score (nSPS) is 18.7. The lowest BCUT2D eigenvalue weighted by molar-refractivity contribution is -0.110. The number of carbonyl (C=O) groups excluding carboxylic acids is 2. The van der Waals surface area contributed by atoms with E-state index in [-0.39, 0.29) is 11.8 Å². The summed E-state index contributed by atoms with van der Waals surface area (Å²) in [5.74, 6) is -0.397. The van der Waals surface area contributed by atoms with E-state index in [0.29, 0.717) is 40.5 Å². The van der Waals surface area contributed by atoms with Crippen molar-refractivity contribution in [2.75, 3.05) is 25.0 Å². The van der Waals surface area contributed by atoms with E-state index in [4.69, 9.17) is 0 Å². The van der Waals surface area contributed by atoms with Crippen molar-refractivity contribution < 1.29 is 14.0 Å². The molecule has 2 aliphatic heterocycles. The Balaban J connectivity index is 1.25. The van der Waals surface area contributed by atoms with E-state index >= 15 is 0 Å². The molecule has 1 unspecified atom stereocenters. The molecule has 7 heteroatoms. The fraction of sp³-hybridized carbons (Fsp3) is 0.286. The number of aryl methyl sites for hydroxylation is 1. The Bertz CT molecular complexity index is 1310. The van der Waals surface area contributed by atoms with Gasteiger partial charge in [-0.05, 0) is 68.1 Å². The standard InChI is InChI=1S/C28H29FN4O2/c1-17-25(13-23-22-12-21(29)8-9-24(22)32-27(23)34)31-18(2)26(17)28(35)30-14-20-10-11-33(16-20)15-19-6-4-3-5-7-19/h3-9,12-13,20,31H,10-11,14-16H2,1-2H3,(H,30,35)(H,32,34)/b23-13-. The highest BCUT2D eigenvalue weighted by atomic mass is 19.1. The highest BCUT2D eigenvalue weighted by molar-refractivity contribution is 6.34. The summed E-state index contributed by atoms with van der Waals surface area (Å²) in [6, 6.07) is 14.7. The molecule has 5 rings (SSSR count). The van der Waals surface area contributed by atoms with Gasteiger partial charge in [-0.2, -0.15) is 0 Å². The molecule has 0 aliphatic carbocycles. The minimum absolute atomic E-state index is 0.121. The van der Waals surface area contributed by atoms with Gasteiger partial charge in [-0.25, -0.2) is 4.39 Å². The minimum Gasteiger partial charge on any atom is -0.358 e. The molecule has 2 amide bonds. The first-order valence-corrected chi connectivity index (χ1v) is 12.0. The first-order chi connectivity index (χ1) is 16.9. The second-order valence-corrected chi connectivity index (χ2v) is 9.45. The Morgan fingerprint density at radius 2 is 2.00 bits per heavy atom. The topological polar surface area (TPSA) is 77.2 Å². The van der Waals surface area contributed by atoms with Gasteiger partial charge >= 0.3 is 0 Å². The first-order valence-electron chi connectivity index (χ1n) is 12.0. The highest BCUT2D eigenvalue weighted by Crippen LogP contribution is 2.34. The van der Waals surface area contributed by atoms with Crippen LogP contribution in [-0.4, -0.2) is 41.3 Å². The molecule has 3 aromatic rings. The maximum atomic E-state index is 13.8. The fourth-order valence-corrected chi connectivity index (χ4v) is 5.10. The number of aromatic amines is 1. The number of hydrogen-bond donors (Lipinski definition) is 3. The summed E-state index contributed by atoms with van der Waals surface area (Å²) >= 11 is 0. The number of aromatic nitrogens is 1. The molecule has 3 N–H and O–H groups in total. The van der Waals surface area contributed by atoms with E-state index in [9.17, 15) is 14.0 Å². The molecule has 6 nitrogen and oxygen atoms in total. The zero-order valence-electron chi connectivity index (χ0n) is 20.0. The monoisotopic (exact) mass is 472 g/mol. The first kappa shape index (κ1) is 23.1. The third kappa shape index (κ3) is 4.77. The number of likely N-dealkylation sites (tertiary alicyclic amines) is 1. The number of H-pyrrole nitrogens is 1. The van der Waals surface area contributed by atoms with Gasteiger partial charge in [-0.15, -0.1) is 0 Å². The smallest absolute Gasteiger partial charge is 0.256 e. The number of benzene rings is 2. The predicted molar refractivity (Wildman–Crippen MR) is 135 cm³/mol. The van der Waals surface area contributed by atoms with Gasteiger partial charge in [0.25, 0.3) is 11.8 Å². The summed E-state index contributed by atoms with van der Waals surface area (Å²) in [6.07, 6.45) is 2.75. The Morgan fingerprint density at radius 1 is 1.20 bits per heavy atom. The molecule has 35 heavy (non-hydrogen) atoms. The van der Waals surface area contributed by atoms with Gasteiger partial charge in [-0.1, -0.05) is 30.3 Å². The summed E-state index contributed by atoms with van der Waals surface area (Å²) in [6.45, 7) is 7.26. The number of carbonyl (C=O) groups is 2. The van der Waals surface area contributed by atoms with Crippen LogP contribution in [-0.2, 0) is 11.3 Å². The van der Waals surface area contributed by atoms with E-state index in [1.165, 1.54) is 17.7 Å². The molecule has 0 saturated carbocycles. The zero-order chi connectivity index (χ0) is 24.5. The van der Waals surface area contributed by atoms with Gasteiger partial charge in [0.2, 0.25) is 0 Å². The Morgan fingerprint density at radius 3 is 2.80 bits per heavy atom. The van der Waals surface area contributed by atoms with Crippen LogP contribution in [0.2, 0.25) is 0 Å². The van der Waals surface area contributed by atoms with Gasteiger partial charge in [0.05, 0.1) is 11.1 Å². The number of nitrogens with one attached hydrogen (secondary N) is 3. The van der Waals surface area contributed by atoms with E-state index in [0.717, 1.165) is 37.3 Å². The van der Waals surface area contributed by atoms with Gasteiger partial charge in [0.1, 0.15) is 5.82 Å². The second-order valence-electron chi connectivity index (χ2n) is 9.45. The lowest BCUT2D eigenvalue weighted by atomic mass is 10.0. The molecular formula is C28H29FN4O2. The number of amides is 2. The third-order valence-electron chi connectivity index (χ3n) is 6.93. The molecule has 1 saturated heterocycles. The predicted octanol–water partition coefficient (Wildman–Crippen LogP) is 4.52. The Labute approximate surface area is 204 Å². The van der Waals surface area contributed by atoms with Crippen LogP contribution < -0.4 is 10.6 Å². The number of anilines is 1. The fourth-order valence-electron chi connectivity index (χ4n) is 5.10. The van der Waals surface area contributed by atoms with Crippen LogP contribution in [0.1, 0.15) is 44.9 Å². The quantitative estimate of drug-likeness (QED) is 0.462. The number of halogens is 1. The van der Waals surface area contributed by atoms with Crippen LogP contribution in [0, 0.1) is 25.6 Å². The summed E-state index contributed by atoms with van der Waals surface area (Å²) in [5, 5.41) is 5.87. The number of nitrogens with zero attached hydrogens (tertiary/aromatic N) is 1. The SMILES string of the molecule is Cc1[nH]c(/C=C2\C(=O)Nc3ccc(F)cc32)c(C)c1C(=O)NCC1CCN(Cc2ccccc2)C1. The molecule has 0 radical (unpaired) electrons. The van der Waals surface area contributed by atoms with Gasteiger partial charge in [-0.3, -0.25) is 14.5 Å². The minimum atomic E-state index is -0.403. The van der Waals surface area contributed by atoms with Crippen LogP contribution in [0.25, 0.3) is 11.6 Å². The van der Waals surface area contributed by atoms with Gasteiger partial charge in [0, 0.05) is 42.3 Å². The van der Waals surface area contributed by atoms with Crippen LogP contribution in [0.4, 0.5) is 10.1 Å². The van der Waals surface area contributed by atoms with Crippen molar-refractivity contribution in [2.24, 2.45) is 5.92 Å². The Hall–Kier alpha value is -3.71. The van der Waals surface area contributed by atoms with Crippen molar-refractivity contribution in [1.82, 2.24) is 15.2 Å². The molecule has 2 aliphatic rings. The van der Waals surface area contributed by atoms with E-state index in [1.807, 2.05) is 19.9 Å². The second kappa shape index (κ2) is 9.50. The van der Waals surface area contributed by atoms with E-state index in [1.54, 1.807) is 12.1 Å². The van der Waals surface area contributed by atoms with Crippen LogP contribution in [0.5, 0.6) is 0 Å². The van der Waals surface area contributed by atoms with Crippen molar-refractivity contribution in [1.29, 1.82) is 0 Å². The molecule has 3 heterocycles. The largest absolute Gasteiger partial charge is 0.358 e. The number of fused-ring (bicyclic) bond motifs is 1. The van der Waals surface area contributed by atoms with Crippen LogP contribution in [0.15, 0.2) is 48.5 Å². The average molecular weight is 473 g/mol. The lowest BCUT2D eigenvalue weighted by Crippen LogP contribution is -2.31. The van der Waals surface area contributed by atoms with Crippen molar-refractivity contribution in [3.63, 3.8) is 0 Å². The molecule has 1 atom stereocenters. The summed E-state index contributed by atoms with van der Waals surface area (Å²) in [4.78, 5) is 31.2. The molecule has 0 bridgehead atoms. The number of hydrogen-bond acceptors (Lipinski definition) is 3. The molecule has 2 aromatic carbocycles. The highest BCUT2D eigenvalue weighted by Gasteiger charge is 2.27. The maximum Gasteiger partial charge on any atom is 0.256 e. The van der Waals surface area contributed by atoms with Gasteiger partial charge < -0.3 is 15.6 Å². The van der Waals surface area contributed by atoms with Crippen molar-refractivity contribution in [3.8, 4) is 0 Å². The molecule has 1 aromatic heterocycles. The van der Waals surface area contributed by atoms with Crippen molar-refractivity contribution in [2.45, 2.75) is 26.8 Å². The molecule has 0 spiro atoms. The van der Waals surface area contributed by atoms with Crippen LogP contribution in [0.3, 0.4) is 0 Å². The van der Waals surface area contributed by atoms with Crippen molar-refractivity contribution in [3.05, 3.63) is 88.0 Å². The maximum absolute atomic E-state index is 13.8. The van der Waals surface area contributed by atoms with E-state index in [2.05, 4.69) is 44.8 Å². The molecular weight excluding hydrogens is 443 g/mol. The Kier molecular flexibility index (Phi) is 6.26. The molecule has 180 valence electrons. The van der Waals surface area contributed by atoms with Crippen LogP contribution >= 0.6 is 0 Å². The van der Waals surface area contributed by atoms with E-state index < -0.39 is 5.82 Å². The summed E-state index contributed by atoms with van der Waals surface area (Å²) in [7, 11) is 0. The molecule has 1 fully saturated rings. The summed E-state index contributed by atoms with van der Waals surface area (Å²) < 4.78 is 13.8.